The van der Waals surface area contributed by atoms with Gasteiger partial charge in [-0.3, -0.25) is 9.59 Å². The molecule has 1 fully saturated rings. The second-order valence-corrected chi connectivity index (χ2v) is 10.4. The molecule has 1 N–H and O–H groups in total. The quantitative estimate of drug-likeness (QED) is 0.512. The molecule has 1 aliphatic rings. The third-order valence-corrected chi connectivity index (χ3v) is 7.87. The van der Waals surface area contributed by atoms with Crippen molar-refractivity contribution in [2.24, 2.45) is 0 Å². The molecule has 2 heterocycles. The predicted molar refractivity (Wildman–Crippen MR) is 128 cm³/mol. The molecule has 2 aromatic carbocycles. The molecule has 4 rings (SSSR count). The molecule has 1 unspecified atom stereocenters. The summed E-state index contributed by atoms with van der Waals surface area (Å²) in [6.45, 7) is 1.25. The molecule has 10 heteroatoms. The largest absolute Gasteiger partial charge is 0.497 e. The second-order valence-electron chi connectivity index (χ2n) is 8.45. The van der Waals surface area contributed by atoms with E-state index < -0.39 is 33.9 Å². The van der Waals surface area contributed by atoms with E-state index in [0.29, 0.717) is 11.5 Å². The lowest BCUT2D eigenvalue weighted by atomic mass is 9.95. The van der Waals surface area contributed by atoms with Crippen molar-refractivity contribution in [1.82, 2.24) is 14.5 Å². The van der Waals surface area contributed by atoms with Crippen LogP contribution in [-0.2, 0) is 32.7 Å². The molecule has 0 saturated carbocycles. The van der Waals surface area contributed by atoms with Crippen molar-refractivity contribution in [3.05, 3.63) is 84.3 Å². The maximum Gasteiger partial charge on any atom is 0.247 e. The number of methoxy groups -OCH3 is 1. The lowest BCUT2D eigenvalue weighted by Crippen LogP contribution is -2.69. The first-order valence-corrected chi connectivity index (χ1v) is 12.5. The lowest BCUT2D eigenvalue weighted by Gasteiger charge is -2.46. The average molecular weight is 498 g/mol. The number of benzene rings is 2. The van der Waals surface area contributed by atoms with Crippen LogP contribution in [-0.4, -0.2) is 55.2 Å². The van der Waals surface area contributed by atoms with E-state index in [4.69, 9.17) is 9.15 Å². The topological polar surface area (TPSA) is 109 Å². The SMILES string of the molecule is COc1ccc(S(=O)(=O)N2CC(=O)N(Cc3ccco3)C(C)(C(=O)NCc3ccccc3)C2)cc1. The Morgan fingerprint density at radius 2 is 1.80 bits per heavy atom. The van der Waals surface area contributed by atoms with Crippen molar-refractivity contribution in [2.75, 3.05) is 20.2 Å². The Morgan fingerprint density at radius 1 is 1.09 bits per heavy atom. The fraction of sp³-hybridized carbons (Fsp3) is 0.280. The first-order valence-electron chi connectivity index (χ1n) is 11.0. The number of amides is 2. The average Bonchev–Trinajstić information content (AvgIpc) is 3.38. The number of sulfonamides is 1. The van der Waals surface area contributed by atoms with E-state index in [1.807, 2.05) is 30.3 Å². The van der Waals surface area contributed by atoms with Crippen LogP contribution in [0.15, 0.2) is 82.3 Å². The predicted octanol–water partition coefficient (Wildman–Crippen LogP) is 2.40. The standard InChI is InChI=1S/C25H27N3O6S/c1-25(24(30)26-15-19-7-4-3-5-8-19)18-27(17-23(29)28(25)16-21-9-6-14-34-21)35(31,32)22-12-10-20(33-2)11-13-22/h3-14H,15-18H2,1-2H3,(H,26,30). The van der Waals surface area contributed by atoms with Gasteiger partial charge in [-0.15, -0.1) is 0 Å². The number of carbonyl (C=O) groups excluding carboxylic acids is 2. The summed E-state index contributed by atoms with van der Waals surface area (Å²) >= 11 is 0. The minimum absolute atomic E-state index is 0.0117. The van der Waals surface area contributed by atoms with Gasteiger partial charge in [0.25, 0.3) is 0 Å². The van der Waals surface area contributed by atoms with Gasteiger partial charge >= 0.3 is 0 Å². The molecule has 35 heavy (non-hydrogen) atoms. The van der Waals surface area contributed by atoms with Crippen molar-refractivity contribution >= 4 is 21.8 Å². The van der Waals surface area contributed by atoms with Crippen molar-refractivity contribution < 1.29 is 27.2 Å². The van der Waals surface area contributed by atoms with Crippen molar-refractivity contribution in [1.29, 1.82) is 0 Å². The molecule has 1 atom stereocenters. The van der Waals surface area contributed by atoms with Crippen LogP contribution in [0.2, 0.25) is 0 Å². The fourth-order valence-electron chi connectivity index (χ4n) is 4.05. The van der Waals surface area contributed by atoms with Crippen molar-refractivity contribution in [3.63, 3.8) is 0 Å². The number of nitrogens with zero attached hydrogens (tertiary/aromatic N) is 2. The number of carbonyl (C=O) groups is 2. The molecule has 1 saturated heterocycles. The summed E-state index contributed by atoms with van der Waals surface area (Å²) in [4.78, 5) is 28.2. The van der Waals surface area contributed by atoms with Crippen LogP contribution in [0, 0.1) is 0 Å². The van der Waals surface area contributed by atoms with Gasteiger partial charge in [-0.2, -0.15) is 4.31 Å². The van der Waals surface area contributed by atoms with E-state index in [1.165, 1.54) is 42.5 Å². The van der Waals surface area contributed by atoms with Gasteiger partial charge in [-0.25, -0.2) is 8.42 Å². The number of rotatable bonds is 8. The van der Waals surface area contributed by atoms with Gasteiger partial charge in [0.05, 0.1) is 31.4 Å². The third-order valence-electron chi connectivity index (χ3n) is 6.07. The molecule has 2 amide bonds. The molecule has 3 aromatic rings. The van der Waals surface area contributed by atoms with Gasteiger partial charge in [-0.1, -0.05) is 30.3 Å². The van der Waals surface area contributed by atoms with Crippen LogP contribution in [0.25, 0.3) is 0 Å². The summed E-state index contributed by atoms with van der Waals surface area (Å²) in [5, 5.41) is 2.86. The van der Waals surface area contributed by atoms with Crippen LogP contribution in [0.1, 0.15) is 18.2 Å². The fourth-order valence-corrected chi connectivity index (χ4v) is 5.53. The number of piperazine rings is 1. The Morgan fingerprint density at radius 3 is 2.43 bits per heavy atom. The van der Waals surface area contributed by atoms with Gasteiger partial charge in [0.15, 0.2) is 0 Å². The van der Waals surface area contributed by atoms with Gasteiger partial charge < -0.3 is 19.4 Å². The minimum atomic E-state index is -4.05. The smallest absolute Gasteiger partial charge is 0.247 e. The lowest BCUT2D eigenvalue weighted by molar-refractivity contribution is -0.154. The monoisotopic (exact) mass is 497 g/mol. The summed E-state index contributed by atoms with van der Waals surface area (Å²) in [5.41, 5.74) is -0.594. The van der Waals surface area contributed by atoms with Crippen LogP contribution < -0.4 is 10.1 Å². The second kappa shape index (κ2) is 9.93. The summed E-state index contributed by atoms with van der Waals surface area (Å²) in [6, 6.07) is 18.6. The van der Waals surface area contributed by atoms with E-state index in [-0.39, 0.29) is 24.5 Å². The summed E-state index contributed by atoms with van der Waals surface area (Å²) in [6.07, 6.45) is 1.48. The van der Waals surface area contributed by atoms with Crippen LogP contribution in [0.4, 0.5) is 0 Å². The van der Waals surface area contributed by atoms with Gasteiger partial charge in [0, 0.05) is 13.1 Å². The highest BCUT2D eigenvalue weighted by Crippen LogP contribution is 2.30. The molecule has 184 valence electrons. The zero-order chi connectivity index (χ0) is 25.1. The Kier molecular flexibility index (Phi) is 6.95. The summed E-state index contributed by atoms with van der Waals surface area (Å²) in [5.74, 6) is 0.0401. The van der Waals surface area contributed by atoms with Gasteiger partial charge in [-0.05, 0) is 48.9 Å². The minimum Gasteiger partial charge on any atom is -0.497 e. The highest BCUT2D eigenvalue weighted by Gasteiger charge is 2.50. The maximum absolute atomic E-state index is 13.5. The number of hydrogen-bond acceptors (Lipinski definition) is 6. The van der Waals surface area contributed by atoms with E-state index in [9.17, 15) is 18.0 Å². The molecule has 0 aliphatic carbocycles. The van der Waals surface area contributed by atoms with Crippen molar-refractivity contribution in [3.8, 4) is 5.75 Å². The van der Waals surface area contributed by atoms with E-state index in [2.05, 4.69) is 5.32 Å². The van der Waals surface area contributed by atoms with E-state index in [1.54, 1.807) is 19.1 Å². The Balaban J connectivity index is 1.63. The zero-order valence-corrected chi connectivity index (χ0v) is 20.3. The highest BCUT2D eigenvalue weighted by molar-refractivity contribution is 7.89. The first kappa shape index (κ1) is 24.5. The molecule has 1 aliphatic heterocycles. The number of furan rings is 1. The van der Waals surface area contributed by atoms with E-state index >= 15 is 0 Å². The molecular weight excluding hydrogens is 470 g/mol. The number of hydrogen-bond donors (Lipinski definition) is 1. The summed E-state index contributed by atoms with van der Waals surface area (Å²) in [7, 11) is -2.56. The molecular formula is C25H27N3O6S. The summed E-state index contributed by atoms with van der Waals surface area (Å²) < 4.78 is 38.4. The molecule has 1 aromatic heterocycles. The van der Waals surface area contributed by atoms with Crippen LogP contribution in [0.3, 0.4) is 0 Å². The molecule has 9 nitrogen and oxygen atoms in total. The zero-order valence-electron chi connectivity index (χ0n) is 19.5. The number of nitrogens with one attached hydrogen (secondary N) is 1. The molecule has 0 spiro atoms. The molecule has 0 radical (unpaired) electrons. The Bertz CT molecular complexity index is 1280. The van der Waals surface area contributed by atoms with Gasteiger partial charge in [0.2, 0.25) is 21.8 Å². The third kappa shape index (κ3) is 5.08. The van der Waals surface area contributed by atoms with Gasteiger partial charge in [0.1, 0.15) is 17.0 Å². The van der Waals surface area contributed by atoms with E-state index in [0.717, 1.165) is 9.87 Å². The molecule has 0 bridgehead atoms. The van der Waals surface area contributed by atoms with Crippen LogP contribution >= 0.6 is 0 Å². The van der Waals surface area contributed by atoms with Crippen LogP contribution in [0.5, 0.6) is 5.75 Å². The number of ether oxygens (including phenoxy) is 1. The maximum atomic E-state index is 13.5. The van der Waals surface area contributed by atoms with Crippen molar-refractivity contribution in [2.45, 2.75) is 30.4 Å². The Hall–Kier alpha value is -3.63. The Labute approximate surface area is 204 Å². The normalized spacial score (nSPS) is 18.9. The first-order chi connectivity index (χ1) is 16.7. The highest BCUT2D eigenvalue weighted by atomic mass is 32.2.